The summed E-state index contributed by atoms with van der Waals surface area (Å²) >= 11 is 6.03. The van der Waals surface area contributed by atoms with E-state index in [1.165, 1.54) is 18.3 Å². The number of aromatic nitrogens is 2. The van der Waals surface area contributed by atoms with E-state index in [0.717, 1.165) is 19.5 Å². The third-order valence-corrected chi connectivity index (χ3v) is 7.41. The Labute approximate surface area is 232 Å². The topological polar surface area (TPSA) is 115 Å². The Hall–Kier alpha value is -3.54. The average molecular weight is 558 g/mol. The third kappa shape index (κ3) is 6.21. The smallest absolute Gasteiger partial charge is 0.229 e. The van der Waals surface area contributed by atoms with E-state index in [1.54, 1.807) is 39.2 Å². The van der Waals surface area contributed by atoms with Crippen molar-refractivity contribution in [2.75, 3.05) is 49.8 Å². The third-order valence-electron chi connectivity index (χ3n) is 7.12. The molecule has 1 fully saturated rings. The van der Waals surface area contributed by atoms with Crippen LogP contribution in [0.2, 0.25) is 5.02 Å². The number of hydrogen-bond acceptors (Lipinski definition) is 10. The van der Waals surface area contributed by atoms with E-state index in [0.29, 0.717) is 46.7 Å². The van der Waals surface area contributed by atoms with Crippen molar-refractivity contribution in [1.29, 1.82) is 0 Å². The van der Waals surface area contributed by atoms with Gasteiger partial charge in [-0.3, -0.25) is 0 Å². The Balaban J connectivity index is 1.62. The van der Waals surface area contributed by atoms with Crippen LogP contribution in [0.3, 0.4) is 0 Å². The van der Waals surface area contributed by atoms with Gasteiger partial charge in [-0.05, 0) is 63.3 Å². The van der Waals surface area contributed by atoms with E-state index < -0.39 is 11.4 Å². The normalized spacial score (nSPS) is 16.7. The number of ether oxygens (including phenoxy) is 1. The zero-order chi connectivity index (χ0) is 28.3. The summed E-state index contributed by atoms with van der Waals surface area (Å²) in [6.45, 7) is 4.99. The molecule has 1 aliphatic heterocycles. The quantitative estimate of drug-likeness (QED) is 0.261. The van der Waals surface area contributed by atoms with E-state index >= 15 is 0 Å². The summed E-state index contributed by atoms with van der Waals surface area (Å²) in [4.78, 5) is 24.9. The second-order valence-corrected chi connectivity index (χ2v) is 10.3. The molecular formula is C27H33ClFN7O3. The second-order valence-electron chi connectivity index (χ2n) is 9.94. The summed E-state index contributed by atoms with van der Waals surface area (Å²) in [5.41, 5.74) is 0.912. The Morgan fingerprint density at radius 3 is 2.69 bits per heavy atom. The SMILES string of the molecule is CCC(C)(O)c1cc(F)c(Cl)cc1Nc1ccnc(Nc2cc(N=O)c(N3CC[C@@H](N(C)C)C3)cc2OC)n1. The largest absolute Gasteiger partial charge is 0.494 e. The van der Waals surface area contributed by atoms with Crippen LogP contribution in [0.4, 0.5) is 38.9 Å². The fraction of sp³-hybridized carbons (Fsp3) is 0.407. The molecule has 1 unspecified atom stereocenters. The van der Waals surface area contributed by atoms with E-state index in [4.69, 9.17) is 16.3 Å². The fourth-order valence-corrected chi connectivity index (χ4v) is 4.73. The Bertz CT molecular complexity index is 1360. The summed E-state index contributed by atoms with van der Waals surface area (Å²) in [5.74, 6) is 0.463. The van der Waals surface area contributed by atoms with E-state index in [1.807, 2.05) is 14.1 Å². The van der Waals surface area contributed by atoms with Crippen LogP contribution in [0.15, 0.2) is 41.7 Å². The van der Waals surface area contributed by atoms with Crippen LogP contribution in [0.5, 0.6) is 5.75 Å². The van der Waals surface area contributed by atoms with Crippen molar-refractivity contribution in [2.45, 2.75) is 38.3 Å². The van der Waals surface area contributed by atoms with Crippen molar-refractivity contribution < 1.29 is 14.2 Å². The lowest BCUT2D eigenvalue weighted by atomic mass is 9.91. The number of methoxy groups -OCH3 is 1. The molecule has 2 atom stereocenters. The number of rotatable bonds is 10. The van der Waals surface area contributed by atoms with Gasteiger partial charge in [0.15, 0.2) is 0 Å². The molecule has 1 aliphatic rings. The first-order valence-corrected chi connectivity index (χ1v) is 13.0. The number of likely N-dealkylation sites (N-methyl/N-ethyl adjacent to an activating group) is 1. The second kappa shape index (κ2) is 11.7. The molecule has 1 saturated heterocycles. The van der Waals surface area contributed by atoms with Crippen molar-refractivity contribution in [3.05, 3.63) is 57.8 Å². The van der Waals surface area contributed by atoms with Crippen LogP contribution in [-0.4, -0.2) is 60.3 Å². The Morgan fingerprint density at radius 2 is 2.05 bits per heavy atom. The molecule has 3 aromatic rings. The highest BCUT2D eigenvalue weighted by Crippen LogP contribution is 2.41. The van der Waals surface area contributed by atoms with Crippen LogP contribution >= 0.6 is 11.6 Å². The lowest BCUT2D eigenvalue weighted by molar-refractivity contribution is 0.0535. The molecule has 2 aromatic carbocycles. The minimum atomic E-state index is -1.29. The van der Waals surface area contributed by atoms with Gasteiger partial charge in [0.05, 0.1) is 29.1 Å². The van der Waals surface area contributed by atoms with Crippen molar-refractivity contribution in [1.82, 2.24) is 14.9 Å². The molecule has 0 amide bonds. The first-order chi connectivity index (χ1) is 18.6. The van der Waals surface area contributed by atoms with Crippen molar-refractivity contribution in [3.63, 3.8) is 0 Å². The number of hydrogen-bond donors (Lipinski definition) is 3. The van der Waals surface area contributed by atoms with Crippen molar-refractivity contribution in [2.24, 2.45) is 5.18 Å². The molecule has 10 nitrogen and oxygen atoms in total. The number of nitrogens with one attached hydrogen (secondary N) is 2. The van der Waals surface area contributed by atoms with Gasteiger partial charge in [-0.15, -0.1) is 4.91 Å². The molecule has 39 heavy (non-hydrogen) atoms. The van der Waals surface area contributed by atoms with Gasteiger partial charge in [-0.1, -0.05) is 18.5 Å². The zero-order valence-corrected chi connectivity index (χ0v) is 23.4. The molecule has 0 saturated carbocycles. The molecule has 0 spiro atoms. The minimum Gasteiger partial charge on any atom is -0.494 e. The fourth-order valence-electron chi connectivity index (χ4n) is 4.57. The van der Waals surface area contributed by atoms with E-state index in [9.17, 15) is 14.4 Å². The zero-order valence-electron chi connectivity index (χ0n) is 22.6. The van der Waals surface area contributed by atoms with Crippen LogP contribution in [0, 0.1) is 10.7 Å². The van der Waals surface area contributed by atoms with Gasteiger partial charge in [-0.25, -0.2) is 9.37 Å². The predicted molar refractivity (Wildman–Crippen MR) is 153 cm³/mol. The highest BCUT2D eigenvalue weighted by atomic mass is 35.5. The summed E-state index contributed by atoms with van der Waals surface area (Å²) in [6, 6.07) is 8.04. The van der Waals surface area contributed by atoms with Gasteiger partial charge in [0.25, 0.3) is 0 Å². The number of anilines is 5. The Morgan fingerprint density at radius 1 is 1.28 bits per heavy atom. The van der Waals surface area contributed by atoms with Crippen molar-refractivity contribution >= 4 is 46.1 Å². The van der Waals surface area contributed by atoms with Crippen LogP contribution in [0.25, 0.3) is 0 Å². The lowest BCUT2D eigenvalue weighted by Crippen LogP contribution is -2.31. The maximum Gasteiger partial charge on any atom is 0.229 e. The van der Waals surface area contributed by atoms with Crippen molar-refractivity contribution in [3.8, 4) is 5.75 Å². The number of benzene rings is 2. The summed E-state index contributed by atoms with van der Waals surface area (Å²) in [7, 11) is 5.63. The first kappa shape index (κ1) is 28.5. The molecule has 0 aliphatic carbocycles. The summed E-state index contributed by atoms with van der Waals surface area (Å²) in [5, 5.41) is 20.2. The molecule has 208 valence electrons. The highest BCUT2D eigenvalue weighted by molar-refractivity contribution is 6.31. The van der Waals surface area contributed by atoms with Gasteiger partial charge >= 0.3 is 0 Å². The molecule has 12 heteroatoms. The molecule has 3 N–H and O–H groups in total. The number of nitroso groups, excluding NO2 is 1. The maximum atomic E-state index is 14.2. The number of halogens is 2. The summed E-state index contributed by atoms with van der Waals surface area (Å²) < 4.78 is 19.8. The molecule has 2 heterocycles. The highest BCUT2D eigenvalue weighted by Gasteiger charge is 2.28. The van der Waals surface area contributed by atoms with Crippen LogP contribution < -0.4 is 20.3 Å². The van der Waals surface area contributed by atoms with Gasteiger partial charge in [0.1, 0.15) is 23.1 Å². The molecule has 0 bridgehead atoms. The van der Waals surface area contributed by atoms with E-state index in [2.05, 4.69) is 35.6 Å². The molecule has 4 rings (SSSR count). The lowest BCUT2D eigenvalue weighted by Gasteiger charge is -2.25. The van der Waals surface area contributed by atoms with Gasteiger partial charge < -0.3 is 30.3 Å². The standard InChI is InChI=1S/C27H33ClFN7O3/c1-6-27(2,37)17-11-19(29)18(28)12-20(17)31-25-7-9-30-26(33-25)32-22-13-21(34-38)23(14-24(22)39-5)36-10-8-16(15-36)35(3)4/h7,9,11-14,16,37H,6,8,10,15H2,1-5H3,(H2,30,31,32,33)/t16-,27?/m1/s1. The Kier molecular flexibility index (Phi) is 8.53. The van der Waals surface area contributed by atoms with Gasteiger partial charge in [0.2, 0.25) is 5.95 Å². The van der Waals surface area contributed by atoms with E-state index in [-0.39, 0.29) is 16.7 Å². The predicted octanol–water partition coefficient (Wildman–Crippen LogP) is 5.92. The molecular weight excluding hydrogens is 525 g/mol. The maximum absolute atomic E-state index is 14.2. The van der Waals surface area contributed by atoms with Gasteiger partial charge in [-0.2, -0.15) is 4.98 Å². The molecule has 1 aromatic heterocycles. The first-order valence-electron chi connectivity index (χ1n) is 12.6. The molecule has 0 radical (unpaired) electrons. The number of aliphatic hydroxyl groups is 1. The minimum absolute atomic E-state index is 0.0887. The van der Waals surface area contributed by atoms with Crippen LogP contribution in [-0.2, 0) is 5.60 Å². The monoisotopic (exact) mass is 557 g/mol. The summed E-state index contributed by atoms with van der Waals surface area (Å²) in [6.07, 6.45) is 2.87. The average Bonchev–Trinajstić information content (AvgIpc) is 3.41. The van der Waals surface area contributed by atoms with Gasteiger partial charge in [0, 0.05) is 42.6 Å². The van der Waals surface area contributed by atoms with Crippen LogP contribution in [0.1, 0.15) is 32.3 Å². The number of nitrogens with zero attached hydrogens (tertiary/aromatic N) is 5.